The molecule has 5 nitrogen and oxygen atoms in total. The van der Waals surface area contributed by atoms with Crippen LogP contribution in [0.3, 0.4) is 0 Å². The highest BCUT2D eigenvalue weighted by Crippen LogP contribution is 2.28. The molecule has 0 aromatic carbocycles. The molecule has 0 aliphatic heterocycles. The van der Waals surface area contributed by atoms with Crippen molar-refractivity contribution in [3.05, 3.63) is 38.6 Å². The molecule has 7 heteroatoms. The van der Waals surface area contributed by atoms with Crippen molar-refractivity contribution in [2.75, 3.05) is 6.26 Å². The normalized spacial score (nSPS) is 11.2. The summed E-state index contributed by atoms with van der Waals surface area (Å²) < 4.78 is 6.13. The zero-order chi connectivity index (χ0) is 13.1. The van der Waals surface area contributed by atoms with E-state index in [2.05, 4.69) is 5.16 Å². The van der Waals surface area contributed by atoms with Crippen LogP contribution in [0.1, 0.15) is 16.3 Å². The number of aromatic nitrogens is 1. The number of hydrogen-bond donors (Lipinski definition) is 0. The molecule has 0 saturated heterocycles. The van der Waals surface area contributed by atoms with E-state index in [0.29, 0.717) is 0 Å². The highest BCUT2D eigenvalue weighted by atomic mass is 32.2. The Kier molecular flexibility index (Phi) is 3.83. The molecule has 2 aromatic rings. The Hall–Kier alpha value is -1.60. The minimum atomic E-state index is -0.479. The van der Waals surface area contributed by atoms with E-state index in [1.165, 1.54) is 4.21 Å². The maximum Gasteiger partial charge on any atom is 0.338 e. The fraction of sp³-hybridized carbons (Fsp3) is 0.182. The third-order valence-corrected chi connectivity index (χ3v) is 4.38. The zero-order valence-corrected chi connectivity index (χ0v) is 11.4. The van der Waals surface area contributed by atoms with Gasteiger partial charge in [-0.15, -0.1) is 23.1 Å². The van der Waals surface area contributed by atoms with Gasteiger partial charge in [0.15, 0.2) is 5.69 Å². The predicted octanol–water partition coefficient (Wildman–Crippen LogP) is 3.85. The van der Waals surface area contributed by atoms with Crippen LogP contribution >= 0.6 is 23.1 Å². The van der Waals surface area contributed by atoms with Gasteiger partial charge in [0, 0.05) is 4.88 Å². The van der Waals surface area contributed by atoms with Crippen LogP contribution in [0.2, 0.25) is 0 Å². The summed E-state index contributed by atoms with van der Waals surface area (Å²) in [4.78, 5) is 11.4. The van der Waals surface area contributed by atoms with Gasteiger partial charge in [-0.3, -0.25) is 10.1 Å². The van der Waals surface area contributed by atoms with Crippen molar-refractivity contribution in [3.63, 3.8) is 0 Å². The number of nitrogens with zero attached hydrogens (tertiary/aromatic N) is 2. The second-order valence-electron chi connectivity index (χ2n) is 3.43. The van der Waals surface area contributed by atoms with E-state index in [4.69, 9.17) is 4.52 Å². The number of rotatable bonds is 4. The summed E-state index contributed by atoms with van der Waals surface area (Å²) in [6.07, 6.45) is 5.37. The summed E-state index contributed by atoms with van der Waals surface area (Å²) in [5.41, 5.74) is 0.212. The van der Waals surface area contributed by atoms with Gasteiger partial charge in [0.25, 0.3) is 0 Å². The van der Waals surface area contributed by atoms with E-state index in [-0.39, 0.29) is 17.1 Å². The first-order valence-electron chi connectivity index (χ1n) is 5.04. The number of aryl methyl sites for hydroxylation is 1. The fourth-order valence-electron chi connectivity index (χ4n) is 1.41. The van der Waals surface area contributed by atoms with E-state index in [1.54, 1.807) is 42.2 Å². The second-order valence-corrected chi connectivity index (χ2v) is 5.65. The molecule has 18 heavy (non-hydrogen) atoms. The van der Waals surface area contributed by atoms with Crippen LogP contribution in [0.25, 0.3) is 12.2 Å². The lowest BCUT2D eigenvalue weighted by molar-refractivity contribution is -0.386. The van der Waals surface area contributed by atoms with Gasteiger partial charge in [-0.1, -0.05) is 5.16 Å². The summed E-state index contributed by atoms with van der Waals surface area (Å²) in [7, 11) is 0. The van der Waals surface area contributed by atoms with Crippen LogP contribution in [0.4, 0.5) is 5.69 Å². The van der Waals surface area contributed by atoms with Gasteiger partial charge in [-0.05, 0) is 37.5 Å². The Bertz CT molecular complexity index is 601. The maximum absolute atomic E-state index is 10.8. The smallest absolute Gasteiger partial charge is 0.338 e. The van der Waals surface area contributed by atoms with Crippen molar-refractivity contribution in [3.8, 4) is 0 Å². The van der Waals surface area contributed by atoms with E-state index in [1.807, 2.05) is 18.4 Å². The van der Waals surface area contributed by atoms with Crippen LogP contribution in [0.15, 0.2) is 20.9 Å². The number of thioether (sulfide) groups is 1. The van der Waals surface area contributed by atoms with E-state index < -0.39 is 4.92 Å². The van der Waals surface area contributed by atoms with Crippen molar-refractivity contribution in [1.82, 2.24) is 5.16 Å². The molecule has 2 rings (SSSR count). The largest absolute Gasteiger partial charge is 0.349 e. The average molecular weight is 282 g/mol. The highest BCUT2D eigenvalue weighted by molar-refractivity contribution is 8.00. The Balaban J connectivity index is 2.26. The third kappa shape index (κ3) is 2.62. The van der Waals surface area contributed by atoms with Crippen LogP contribution in [-0.2, 0) is 0 Å². The molecule has 94 valence electrons. The van der Waals surface area contributed by atoms with Crippen LogP contribution in [0, 0.1) is 17.0 Å². The van der Waals surface area contributed by atoms with E-state index in [9.17, 15) is 10.1 Å². The number of hydrogen-bond acceptors (Lipinski definition) is 6. The third-order valence-electron chi connectivity index (χ3n) is 2.24. The van der Waals surface area contributed by atoms with E-state index in [0.717, 1.165) is 4.88 Å². The lowest BCUT2D eigenvalue weighted by atomic mass is 10.3. The first kappa shape index (κ1) is 12.8. The summed E-state index contributed by atoms with van der Waals surface area (Å²) in [5.74, 6) is 0.177. The first-order chi connectivity index (χ1) is 8.61. The summed E-state index contributed by atoms with van der Waals surface area (Å²) >= 11 is 3.28. The number of nitro groups is 1. The van der Waals surface area contributed by atoms with Crippen molar-refractivity contribution >= 4 is 40.9 Å². The standard InChI is InChI=1S/C11H10N2O3S2/c1-7-11(13(14)15)9(16-12-7)5-3-8-4-6-10(17-2)18-8/h3-6H,1-2H3/b5-3+. The van der Waals surface area contributed by atoms with Crippen molar-refractivity contribution < 1.29 is 9.45 Å². The topological polar surface area (TPSA) is 69.2 Å². The highest BCUT2D eigenvalue weighted by Gasteiger charge is 2.21. The molecule has 0 bridgehead atoms. The Morgan fingerprint density at radius 1 is 1.50 bits per heavy atom. The maximum atomic E-state index is 10.8. The monoisotopic (exact) mass is 282 g/mol. The molecule has 0 saturated carbocycles. The minimum Gasteiger partial charge on any atom is -0.349 e. The molecule has 0 unspecified atom stereocenters. The lowest BCUT2D eigenvalue weighted by Gasteiger charge is -1.87. The molecule has 0 aliphatic rings. The molecule has 2 aromatic heterocycles. The first-order valence-corrected chi connectivity index (χ1v) is 7.08. The van der Waals surface area contributed by atoms with Gasteiger partial charge in [0.05, 0.1) is 9.13 Å². The lowest BCUT2D eigenvalue weighted by Crippen LogP contribution is -1.89. The summed E-state index contributed by atoms with van der Waals surface area (Å²) in [5, 5.41) is 14.4. The predicted molar refractivity (Wildman–Crippen MR) is 72.9 cm³/mol. The van der Waals surface area contributed by atoms with Crippen LogP contribution in [0.5, 0.6) is 0 Å². The van der Waals surface area contributed by atoms with Gasteiger partial charge in [0.1, 0.15) is 0 Å². The van der Waals surface area contributed by atoms with Gasteiger partial charge in [0.2, 0.25) is 5.76 Å². The Morgan fingerprint density at radius 2 is 2.28 bits per heavy atom. The van der Waals surface area contributed by atoms with Crippen molar-refractivity contribution in [2.45, 2.75) is 11.1 Å². The van der Waals surface area contributed by atoms with Gasteiger partial charge in [-0.2, -0.15) is 0 Å². The van der Waals surface area contributed by atoms with Gasteiger partial charge in [-0.25, -0.2) is 0 Å². The molecule has 0 spiro atoms. The summed E-state index contributed by atoms with van der Waals surface area (Å²) in [6, 6.07) is 3.97. The average Bonchev–Trinajstić information content (AvgIpc) is 2.92. The molecular weight excluding hydrogens is 272 g/mol. The van der Waals surface area contributed by atoms with Gasteiger partial charge >= 0.3 is 5.69 Å². The minimum absolute atomic E-state index is 0.0760. The molecule has 2 heterocycles. The Morgan fingerprint density at radius 3 is 2.89 bits per heavy atom. The van der Waals surface area contributed by atoms with Crippen LogP contribution in [-0.4, -0.2) is 16.3 Å². The number of thiophene rings is 1. The molecule has 0 aliphatic carbocycles. The SMILES string of the molecule is CSc1ccc(/C=C/c2onc(C)c2[N+](=O)[O-])s1. The molecule has 0 atom stereocenters. The molecular formula is C11H10N2O3S2. The molecule has 0 fully saturated rings. The second kappa shape index (κ2) is 5.36. The fourth-order valence-corrected chi connectivity index (χ4v) is 2.87. The Labute approximate surface area is 112 Å². The molecule has 0 amide bonds. The van der Waals surface area contributed by atoms with Crippen molar-refractivity contribution in [1.29, 1.82) is 0 Å². The zero-order valence-electron chi connectivity index (χ0n) is 9.75. The molecule has 0 radical (unpaired) electrons. The van der Waals surface area contributed by atoms with Crippen LogP contribution < -0.4 is 0 Å². The molecule has 0 N–H and O–H groups in total. The van der Waals surface area contributed by atoms with Crippen molar-refractivity contribution in [2.24, 2.45) is 0 Å². The summed E-state index contributed by atoms with van der Waals surface area (Å²) in [6.45, 7) is 1.55. The van der Waals surface area contributed by atoms with E-state index >= 15 is 0 Å². The quantitative estimate of drug-likeness (QED) is 0.484. The van der Waals surface area contributed by atoms with Gasteiger partial charge < -0.3 is 4.52 Å².